The summed E-state index contributed by atoms with van der Waals surface area (Å²) in [5.41, 5.74) is 6.52. The lowest BCUT2D eigenvalue weighted by molar-refractivity contribution is -0.118. The van der Waals surface area contributed by atoms with Crippen LogP contribution < -0.4 is 10.1 Å². The average molecular weight is 429 g/mol. The minimum atomic E-state index is -0.225. The van der Waals surface area contributed by atoms with E-state index < -0.39 is 0 Å². The summed E-state index contributed by atoms with van der Waals surface area (Å²) in [6.07, 6.45) is 1.07. The van der Waals surface area contributed by atoms with Gasteiger partial charge in [0.25, 0.3) is 5.91 Å². The zero-order chi connectivity index (χ0) is 22.7. The molecule has 0 aliphatic carbocycles. The number of amides is 1. The first-order chi connectivity index (χ1) is 15.4. The molecule has 1 amide bonds. The van der Waals surface area contributed by atoms with Crippen LogP contribution in [0.3, 0.4) is 0 Å². The first-order valence-electron chi connectivity index (χ1n) is 10.9. The molecule has 0 saturated heterocycles. The molecule has 0 bridgehead atoms. The van der Waals surface area contributed by atoms with Crippen molar-refractivity contribution in [2.24, 2.45) is 0 Å². The molecule has 4 aromatic rings. The molecular formula is C27H28N2O3. The van der Waals surface area contributed by atoms with Gasteiger partial charge in [0.2, 0.25) is 5.89 Å². The second-order valence-corrected chi connectivity index (χ2v) is 8.30. The Morgan fingerprint density at radius 2 is 1.84 bits per heavy atom. The van der Waals surface area contributed by atoms with E-state index in [-0.39, 0.29) is 12.5 Å². The number of carbonyl (C=O) groups is 1. The maximum absolute atomic E-state index is 12.4. The molecule has 5 nitrogen and oxygen atoms in total. The van der Waals surface area contributed by atoms with Crippen molar-refractivity contribution in [1.82, 2.24) is 4.98 Å². The third kappa shape index (κ3) is 4.99. The fraction of sp³-hybridized carbons (Fsp3) is 0.259. The van der Waals surface area contributed by atoms with Gasteiger partial charge in [-0.25, -0.2) is 4.98 Å². The first-order valence-corrected chi connectivity index (χ1v) is 10.9. The van der Waals surface area contributed by atoms with Crippen LogP contribution in [0, 0.1) is 13.8 Å². The largest absolute Gasteiger partial charge is 0.484 e. The van der Waals surface area contributed by atoms with Gasteiger partial charge in [-0.2, -0.15) is 0 Å². The summed E-state index contributed by atoms with van der Waals surface area (Å²) in [4.78, 5) is 17.1. The maximum Gasteiger partial charge on any atom is 0.262 e. The molecule has 1 unspecified atom stereocenters. The minimum Gasteiger partial charge on any atom is -0.484 e. The predicted molar refractivity (Wildman–Crippen MR) is 128 cm³/mol. The van der Waals surface area contributed by atoms with Crippen molar-refractivity contribution >= 4 is 22.7 Å². The standard InChI is InChI=1S/C27H28N2O3/c1-5-19(4)20-9-10-25-24(15-20)29-27(32-25)21-7-6-8-22(14-21)28-26(30)16-31-23-12-17(2)11-18(3)13-23/h6-15,19H,5,16H2,1-4H3,(H,28,30). The van der Waals surface area contributed by atoms with Gasteiger partial charge in [-0.15, -0.1) is 0 Å². The van der Waals surface area contributed by atoms with Gasteiger partial charge >= 0.3 is 0 Å². The average Bonchev–Trinajstić information content (AvgIpc) is 3.20. The Hall–Kier alpha value is -3.60. The number of oxazole rings is 1. The monoisotopic (exact) mass is 428 g/mol. The summed E-state index contributed by atoms with van der Waals surface area (Å²) < 4.78 is 11.6. The molecule has 0 fully saturated rings. The number of nitrogens with one attached hydrogen (secondary N) is 1. The number of hydrogen-bond acceptors (Lipinski definition) is 4. The Morgan fingerprint density at radius 3 is 2.59 bits per heavy atom. The molecule has 164 valence electrons. The Labute approximate surface area is 188 Å². The zero-order valence-corrected chi connectivity index (χ0v) is 18.9. The van der Waals surface area contributed by atoms with Crippen LogP contribution in [0.1, 0.15) is 42.9 Å². The van der Waals surface area contributed by atoms with E-state index in [9.17, 15) is 4.79 Å². The molecule has 1 atom stereocenters. The third-order valence-electron chi connectivity index (χ3n) is 5.55. The highest BCUT2D eigenvalue weighted by atomic mass is 16.5. The Balaban J connectivity index is 1.46. The van der Waals surface area contributed by atoms with Crippen LogP contribution in [0.2, 0.25) is 0 Å². The van der Waals surface area contributed by atoms with Crippen molar-refractivity contribution in [2.45, 2.75) is 40.0 Å². The molecule has 1 N–H and O–H groups in total. The molecule has 1 heterocycles. The van der Waals surface area contributed by atoms with Crippen LogP contribution in [0.15, 0.2) is 65.1 Å². The van der Waals surface area contributed by atoms with Gasteiger partial charge in [0.05, 0.1) is 0 Å². The maximum atomic E-state index is 12.4. The second-order valence-electron chi connectivity index (χ2n) is 8.30. The van der Waals surface area contributed by atoms with Crippen molar-refractivity contribution in [3.63, 3.8) is 0 Å². The molecule has 3 aromatic carbocycles. The van der Waals surface area contributed by atoms with Gasteiger partial charge < -0.3 is 14.5 Å². The van der Waals surface area contributed by atoms with E-state index in [2.05, 4.69) is 42.3 Å². The van der Waals surface area contributed by atoms with E-state index in [1.165, 1.54) is 5.56 Å². The van der Waals surface area contributed by atoms with Crippen LogP contribution in [0.4, 0.5) is 5.69 Å². The SMILES string of the molecule is CCC(C)c1ccc2oc(-c3cccc(NC(=O)COc4cc(C)cc(C)c4)c3)nc2c1. The Bertz CT molecular complexity index is 1240. The first kappa shape index (κ1) is 21.6. The molecule has 0 aliphatic heterocycles. The molecule has 1 aromatic heterocycles. The van der Waals surface area contributed by atoms with E-state index in [1.54, 1.807) is 0 Å². The second kappa shape index (κ2) is 9.27. The fourth-order valence-electron chi connectivity index (χ4n) is 3.70. The number of aryl methyl sites for hydroxylation is 2. The van der Waals surface area contributed by atoms with Crippen molar-refractivity contribution < 1.29 is 13.9 Å². The van der Waals surface area contributed by atoms with Crippen molar-refractivity contribution in [2.75, 3.05) is 11.9 Å². The molecule has 0 spiro atoms. The summed E-state index contributed by atoms with van der Waals surface area (Å²) in [6.45, 7) is 8.33. The van der Waals surface area contributed by atoms with E-state index in [0.29, 0.717) is 23.2 Å². The third-order valence-corrected chi connectivity index (χ3v) is 5.55. The zero-order valence-electron chi connectivity index (χ0n) is 18.9. The highest BCUT2D eigenvalue weighted by molar-refractivity contribution is 5.92. The lowest BCUT2D eigenvalue weighted by Crippen LogP contribution is -2.20. The van der Waals surface area contributed by atoms with Gasteiger partial charge in [-0.3, -0.25) is 4.79 Å². The topological polar surface area (TPSA) is 64.4 Å². The van der Waals surface area contributed by atoms with E-state index in [1.807, 2.05) is 56.3 Å². The van der Waals surface area contributed by atoms with Crippen LogP contribution >= 0.6 is 0 Å². The molecule has 4 rings (SSSR count). The van der Waals surface area contributed by atoms with Crippen LogP contribution in [0.5, 0.6) is 5.75 Å². The van der Waals surface area contributed by atoms with Crippen molar-refractivity contribution in [3.05, 3.63) is 77.4 Å². The number of carbonyl (C=O) groups excluding carboxylic acids is 1. The summed E-state index contributed by atoms with van der Waals surface area (Å²) in [5.74, 6) is 1.47. The number of benzene rings is 3. The van der Waals surface area contributed by atoms with Gasteiger partial charge in [0, 0.05) is 11.3 Å². The lowest BCUT2D eigenvalue weighted by atomic mass is 9.98. The van der Waals surface area contributed by atoms with E-state index >= 15 is 0 Å². The van der Waals surface area contributed by atoms with Crippen LogP contribution in [-0.2, 0) is 4.79 Å². The minimum absolute atomic E-state index is 0.0611. The van der Waals surface area contributed by atoms with Gasteiger partial charge in [-0.1, -0.05) is 32.0 Å². The van der Waals surface area contributed by atoms with Crippen molar-refractivity contribution in [1.29, 1.82) is 0 Å². The number of rotatable bonds is 7. The van der Waals surface area contributed by atoms with Gasteiger partial charge in [0.15, 0.2) is 12.2 Å². The van der Waals surface area contributed by atoms with E-state index in [0.717, 1.165) is 34.2 Å². The number of anilines is 1. The summed E-state index contributed by atoms with van der Waals surface area (Å²) >= 11 is 0. The van der Waals surface area contributed by atoms with Gasteiger partial charge in [-0.05, 0) is 85.3 Å². The summed E-state index contributed by atoms with van der Waals surface area (Å²) in [7, 11) is 0. The Morgan fingerprint density at radius 1 is 1.06 bits per heavy atom. The van der Waals surface area contributed by atoms with Crippen molar-refractivity contribution in [3.8, 4) is 17.2 Å². The fourth-order valence-corrected chi connectivity index (χ4v) is 3.70. The molecule has 5 heteroatoms. The highest BCUT2D eigenvalue weighted by Crippen LogP contribution is 2.29. The quantitative estimate of drug-likeness (QED) is 0.358. The molecular weight excluding hydrogens is 400 g/mol. The number of ether oxygens (including phenoxy) is 1. The van der Waals surface area contributed by atoms with E-state index in [4.69, 9.17) is 9.15 Å². The lowest BCUT2D eigenvalue weighted by Gasteiger charge is -2.09. The van der Waals surface area contributed by atoms with Gasteiger partial charge in [0.1, 0.15) is 11.3 Å². The van der Waals surface area contributed by atoms with Crippen LogP contribution in [-0.4, -0.2) is 17.5 Å². The normalized spacial score (nSPS) is 12.0. The van der Waals surface area contributed by atoms with Crippen LogP contribution in [0.25, 0.3) is 22.6 Å². The molecule has 0 radical (unpaired) electrons. The predicted octanol–water partition coefficient (Wildman–Crippen LogP) is 6.64. The number of hydrogen-bond donors (Lipinski definition) is 1. The number of nitrogens with zero attached hydrogens (tertiary/aromatic N) is 1. The highest BCUT2D eigenvalue weighted by Gasteiger charge is 2.12. The number of fused-ring (bicyclic) bond motifs is 1. The smallest absolute Gasteiger partial charge is 0.262 e. The molecule has 0 aliphatic rings. The summed E-state index contributed by atoms with van der Waals surface area (Å²) in [5, 5.41) is 2.88. The number of aromatic nitrogens is 1. The molecule has 0 saturated carbocycles. The molecule has 32 heavy (non-hydrogen) atoms. The Kier molecular flexibility index (Phi) is 6.26. The summed E-state index contributed by atoms with van der Waals surface area (Å²) in [6, 6.07) is 19.5.